The number of carbonyl (C=O) groups is 1. The first-order chi connectivity index (χ1) is 8.99. The van der Waals surface area contributed by atoms with Gasteiger partial charge in [0.1, 0.15) is 18.2 Å². The van der Waals surface area contributed by atoms with E-state index in [0.717, 1.165) is 23.0 Å². The largest absolute Gasteiger partial charge is 0.485 e. The van der Waals surface area contributed by atoms with Crippen molar-refractivity contribution in [2.75, 3.05) is 0 Å². The molecule has 0 radical (unpaired) electrons. The van der Waals surface area contributed by atoms with Crippen molar-refractivity contribution < 1.29 is 9.53 Å². The van der Waals surface area contributed by atoms with Crippen LogP contribution in [0, 0.1) is 13.8 Å². The first-order valence-corrected chi connectivity index (χ1v) is 6.08. The monoisotopic (exact) mass is 259 g/mol. The van der Waals surface area contributed by atoms with Crippen LogP contribution in [0.25, 0.3) is 0 Å². The summed E-state index contributed by atoms with van der Waals surface area (Å²) in [5.74, 6) is 2.43. The Morgan fingerprint density at radius 3 is 2.58 bits per heavy atom. The second-order valence-corrected chi connectivity index (χ2v) is 4.55. The van der Waals surface area contributed by atoms with Crippen LogP contribution in [0.5, 0.6) is 5.75 Å². The first-order valence-electron chi connectivity index (χ1n) is 6.08. The highest BCUT2D eigenvalue weighted by atomic mass is 16.5. The van der Waals surface area contributed by atoms with Crippen LogP contribution in [0.4, 0.5) is 0 Å². The van der Waals surface area contributed by atoms with Crippen molar-refractivity contribution in [3.8, 4) is 5.75 Å². The van der Waals surface area contributed by atoms with Crippen molar-refractivity contribution in [3.05, 3.63) is 41.0 Å². The molecule has 1 aromatic carbocycles. The zero-order valence-corrected chi connectivity index (χ0v) is 11.6. The Labute approximate surface area is 112 Å². The lowest BCUT2D eigenvalue weighted by Gasteiger charge is -2.09. The number of ether oxygens (including phenoxy) is 1. The lowest BCUT2D eigenvalue weighted by atomic mass is 10.1. The van der Waals surface area contributed by atoms with Gasteiger partial charge < -0.3 is 9.30 Å². The van der Waals surface area contributed by atoms with Crippen molar-refractivity contribution >= 4 is 5.78 Å². The fourth-order valence-electron chi connectivity index (χ4n) is 1.75. The van der Waals surface area contributed by atoms with Crippen LogP contribution >= 0.6 is 0 Å². The SMILES string of the molecule is CC(=O)c1ccc(OCc2nnc(C)n2C)c(C)c1. The fraction of sp³-hybridized carbons (Fsp3) is 0.357. The van der Waals surface area contributed by atoms with Crippen molar-refractivity contribution in [3.63, 3.8) is 0 Å². The minimum absolute atomic E-state index is 0.0542. The molecule has 1 heterocycles. The molecule has 0 fully saturated rings. The number of aromatic nitrogens is 3. The second kappa shape index (κ2) is 5.22. The van der Waals surface area contributed by atoms with Crippen LogP contribution in [0.15, 0.2) is 18.2 Å². The van der Waals surface area contributed by atoms with Gasteiger partial charge in [0.25, 0.3) is 0 Å². The summed E-state index contributed by atoms with van der Waals surface area (Å²) < 4.78 is 7.61. The van der Waals surface area contributed by atoms with E-state index in [2.05, 4.69) is 10.2 Å². The first kappa shape index (κ1) is 13.3. The molecule has 0 aliphatic rings. The van der Waals surface area contributed by atoms with E-state index in [0.29, 0.717) is 12.2 Å². The summed E-state index contributed by atoms with van der Waals surface area (Å²) >= 11 is 0. The number of hydrogen-bond acceptors (Lipinski definition) is 4. The molecule has 0 bridgehead atoms. The normalized spacial score (nSPS) is 10.5. The third-order valence-electron chi connectivity index (χ3n) is 3.12. The second-order valence-electron chi connectivity index (χ2n) is 4.55. The fourth-order valence-corrected chi connectivity index (χ4v) is 1.75. The molecule has 0 unspecified atom stereocenters. The van der Waals surface area contributed by atoms with E-state index in [1.54, 1.807) is 13.0 Å². The van der Waals surface area contributed by atoms with Crippen LogP contribution in [-0.2, 0) is 13.7 Å². The number of rotatable bonds is 4. The molecule has 0 aliphatic carbocycles. The van der Waals surface area contributed by atoms with E-state index in [4.69, 9.17) is 4.74 Å². The van der Waals surface area contributed by atoms with Gasteiger partial charge in [-0.25, -0.2) is 0 Å². The van der Waals surface area contributed by atoms with Crippen molar-refractivity contribution in [1.29, 1.82) is 0 Å². The number of carbonyl (C=O) groups excluding carboxylic acids is 1. The molecule has 5 heteroatoms. The highest BCUT2D eigenvalue weighted by Gasteiger charge is 2.08. The van der Waals surface area contributed by atoms with E-state index in [9.17, 15) is 4.79 Å². The molecule has 0 amide bonds. The van der Waals surface area contributed by atoms with Crippen LogP contribution in [-0.4, -0.2) is 20.5 Å². The summed E-state index contributed by atoms with van der Waals surface area (Å²) in [5, 5.41) is 8.02. The predicted molar refractivity (Wildman–Crippen MR) is 71.3 cm³/mol. The van der Waals surface area contributed by atoms with Crippen LogP contribution in [0.1, 0.15) is 34.5 Å². The summed E-state index contributed by atoms with van der Waals surface area (Å²) in [5.41, 5.74) is 1.63. The summed E-state index contributed by atoms with van der Waals surface area (Å²) in [4.78, 5) is 11.3. The Morgan fingerprint density at radius 1 is 1.32 bits per heavy atom. The van der Waals surface area contributed by atoms with Gasteiger partial charge in [-0.15, -0.1) is 10.2 Å². The van der Waals surface area contributed by atoms with Crippen LogP contribution in [0.2, 0.25) is 0 Å². The lowest BCUT2D eigenvalue weighted by molar-refractivity contribution is 0.101. The summed E-state index contributed by atoms with van der Waals surface area (Å²) in [6, 6.07) is 5.42. The van der Waals surface area contributed by atoms with E-state index >= 15 is 0 Å². The third kappa shape index (κ3) is 2.81. The zero-order valence-electron chi connectivity index (χ0n) is 11.6. The predicted octanol–water partition coefficient (Wildman–Crippen LogP) is 2.21. The number of hydrogen-bond donors (Lipinski definition) is 0. The highest BCUT2D eigenvalue weighted by molar-refractivity contribution is 5.94. The summed E-state index contributed by atoms with van der Waals surface area (Å²) in [6.45, 7) is 5.72. The maximum absolute atomic E-state index is 11.3. The average Bonchev–Trinajstić information content (AvgIpc) is 2.68. The van der Waals surface area contributed by atoms with Crippen molar-refractivity contribution in [1.82, 2.24) is 14.8 Å². The zero-order chi connectivity index (χ0) is 14.0. The van der Waals surface area contributed by atoms with Gasteiger partial charge in [0, 0.05) is 12.6 Å². The Balaban J connectivity index is 2.12. The molecule has 100 valence electrons. The Bertz CT molecular complexity index is 617. The quantitative estimate of drug-likeness (QED) is 0.790. The molecular formula is C14H17N3O2. The standard InChI is InChI=1S/C14H17N3O2/c1-9-7-12(10(2)18)5-6-13(9)19-8-14-16-15-11(3)17(14)4/h5-7H,8H2,1-4H3. The van der Waals surface area contributed by atoms with E-state index in [1.807, 2.05) is 37.6 Å². The lowest BCUT2D eigenvalue weighted by Crippen LogP contribution is -2.05. The van der Waals surface area contributed by atoms with Crippen LogP contribution in [0.3, 0.4) is 0 Å². The van der Waals surface area contributed by atoms with Gasteiger partial charge in [0.15, 0.2) is 11.6 Å². The van der Waals surface area contributed by atoms with Gasteiger partial charge in [-0.05, 0) is 44.5 Å². The smallest absolute Gasteiger partial charge is 0.170 e. The number of benzene rings is 1. The Hall–Kier alpha value is -2.17. The van der Waals surface area contributed by atoms with Crippen molar-refractivity contribution in [2.45, 2.75) is 27.4 Å². The maximum atomic E-state index is 11.3. The molecule has 2 aromatic rings. The number of Topliss-reactive ketones (excluding diaryl/α,β-unsaturated/α-hetero) is 1. The molecule has 0 spiro atoms. The van der Waals surface area contributed by atoms with Gasteiger partial charge in [-0.1, -0.05) is 0 Å². The van der Waals surface area contributed by atoms with Crippen molar-refractivity contribution in [2.24, 2.45) is 7.05 Å². The molecule has 0 atom stereocenters. The molecule has 1 aromatic heterocycles. The molecule has 0 aliphatic heterocycles. The van der Waals surface area contributed by atoms with E-state index in [-0.39, 0.29) is 5.78 Å². The number of aryl methyl sites for hydroxylation is 2. The van der Waals surface area contributed by atoms with Gasteiger partial charge >= 0.3 is 0 Å². The Morgan fingerprint density at radius 2 is 2.05 bits per heavy atom. The minimum Gasteiger partial charge on any atom is -0.485 e. The number of ketones is 1. The molecule has 19 heavy (non-hydrogen) atoms. The third-order valence-corrected chi connectivity index (χ3v) is 3.12. The number of nitrogens with zero attached hydrogens (tertiary/aromatic N) is 3. The van der Waals surface area contributed by atoms with Crippen LogP contribution < -0.4 is 4.74 Å². The minimum atomic E-state index is 0.0542. The van der Waals surface area contributed by atoms with Gasteiger partial charge in [0.05, 0.1) is 0 Å². The summed E-state index contributed by atoms with van der Waals surface area (Å²) in [6.07, 6.45) is 0. The average molecular weight is 259 g/mol. The molecule has 0 N–H and O–H groups in total. The van der Waals surface area contributed by atoms with Gasteiger partial charge in [0.2, 0.25) is 0 Å². The topological polar surface area (TPSA) is 57.0 Å². The molecular weight excluding hydrogens is 242 g/mol. The molecule has 0 saturated heterocycles. The molecule has 0 saturated carbocycles. The van der Waals surface area contributed by atoms with Gasteiger partial charge in [-0.2, -0.15) is 0 Å². The molecule has 5 nitrogen and oxygen atoms in total. The molecule has 2 rings (SSSR count). The maximum Gasteiger partial charge on any atom is 0.170 e. The van der Waals surface area contributed by atoms with E-state index in [1.165, 1.54) is 0 Å². The Kier molecular flexibility index (Phi) is 3.64. The van der Waals surface area contributed by atoms with Gasteiger partial charge in [-0.3, -0.25) is 4.79 Å². The van der Waals surface area contributed by atoms with E-state index < -0.39 is 0 Å². The summed E-state index contributed by atoms with van der Waals surface area (Å²) in [7, 11) is 1.90. The highest BCUT2D eigenvalue weighted by Crippen LogP contribution is 2.20.